The van der Waals surface area contributed by atoms with Gasteiger partial charge in [0.1, 0.15) is 11.6 Å². The first-order chi connectivity index (χ1) is 6.75. The van der Waals surface area contributed by atoms with Crippen LogP contribution in [0, 0.1) is 11.9 Å². The van der Waals surface area contributed by atoms with Gasteiger partial charge in [0.2, 0.25) is 0 Å². The molecule has 1 aromatic rings. The predicted molar refractivity (Wildman–Crippen MR) is 53.1 cm³/mol. The van der Waals surface area contributed by atoms with Gasteiger partial charge in [0.05, 0.1) is 11.1 Å². The average molecular weight is 214 g/mol. The maximum absolute atomic E-state index is 12.7. The zero-order chi connectivity index (χ0) is 9.97. The first-order valence-electron chi connectivity index (χ1n) is 4.79. The second kappa shape index (κ2) is 4.18. The molecular weight excluding hydrogens is 203 g/mol. The monoisotopic (exact) mass is 213 g/mol. The molecule has 0 saturated heterocycles. The van der Waals surface area contributed by atoms with Crippen LogP contribution in [0.1, 0.15) is 25.7 Å². The van der Waals surface area contributed by atoms with E-state index in [0.717, 1.165) is 12.8 Å². The van der Waals surface area contributed by atoms with Crippen molar-refractivity contribution in [3.05, 3.63) is 29.0 Å². The van der Waals surface area contributed by atoms with E-state index in [1.807, 2.05) is 0 Å². The zero-order valence-corrected chi connectivity index (χ0v) is 8.48. The molecule has 75 valence electrons. The lowest BCUT2D eigenvalue weighted by Crippen LogP contribution is -2.11. The fourth-order valence-corrected chi connectivity index (χ4v) is 1.90. The van der Waals surface area contributed by atoms with E-state index in [1.165, 1.54) is 25.0 Å². The van der Waals surface area contributed by atoms with Gasteiger partial charge < -0.3 is 4.74 Å². The topological polar surface area (TPSA) is 9.23 Å². The molecule has 1 fully saturated rings. The summed E-state index contributed by atoms with van der Waals surface area (Å²) in [4.78, 5) is 0. The molecule has 0 amide bonds. The quantitative estimate of drug-likeness (QED) is 0.730. The van der Waals surface area contributed by atoms with Crippen molar-refractivity contribution in [3.8, 4) is 5.75 Å². The third-order valence-electron chi connectivity index (χ3n) is 2.43. The molecule has 0 N–H and O–H groups in total. The molecule has 3 heteroatoms. The van der Waals surface area contributed by atoms with Crippen LogP contribution >= 0.6 is 11.6 Å². The highest BCUT2D eigenvalue weighted by molar-refractivity contribution is 6.32. The summed E-state index contributed by atoms with van der Waals surface area (Å²) in [7, 11) is 0. The molecule has 1 aliphatic rings. The number of benzene rings is 1. The molecule has 1 saturated carbocycles. The molecule has 0 heterocycles. The van der Waals surface area contributed by atoms with Crippen LogP contribution in [0.25, 0.3) is 0 Å². The largest absolute Gasteiger partial charge is 0.489 e. The molecule has 1 radical (unpaired) electrons. The van der Waals surface area contributed by atoms with Crippen molar-refractivity contribution in [2.75, 3.05) is 0 Å². The second-order valence-electron chi connectivity index (χ2n) is 3.52. The number of ether oxygens (including phenoxy) is 1. The van der Waals surface area contributed by atoms with Crippen molar-refractivity contribution in [1.29, 1.82) is 0 Å². The first-order valence-corrected chi connectivity index (χ1v) is 5.17. The third-order valence-corrected chi connectivity index (χ3v) is 2.72. The SMILES string of the molecule is Fc1[c]cc(OC2CCCC2)c(Cl)c1. The smallest absolute Gasteiger partial charge is 0.139 e. The first kappa shape index (κ1) is 9.78. The predicted octanol–water partition coefficient (Wildman–Crippen LogP) is 3.60. The van der Waals surface area contributed by atoms with Gasteiger partial charge in [0.15, 0.2) is 0 Å². The van der Waals surface area contributed by atoms with Gasteiger partial charge in [-0.2, -0.15) is 0 Å². The van der Waals surface area contributed by atoms with E-state index in [2.05, 4.69) is 6.07 Å². The fourth-order valence-electron chi connectivity index (χ4n) is 1.70. The maximum Gasteiger partial charge on any atom is 0.139 e. The Balaban J connectivity index is 2.08. The fraction of sp³-hybridized carbons (Fsp3) is 0.455. The minimum atomic E-state index is -0.450. The highest BCUT2D eigenvalue weighted by atomic mass is 35.5. The molecule has 0 aliphatic heterocycles. The van der Waals surface area contributed by atoms with Gasteiger partial charge in [-0.15, -0.1) is 0 Å². The van der Waals surface area contributed by atoms with Gasteiger partial charge in [-0.25, -0.2) is 4.39 Å². The Kier molecular flexibility index (Phi) is 2.92. The summed E-state index contributed by atoms with van der Waals surface area (Å²) >= 11 is 5.82. The Morgan fingerprint density at radius 1 is 1.43 bits per heavy atom. The molecule has 0 spiro atoms. The van der Waals surface area contributed by atoms with Crippen molar-refractivity contribution in [3.63, 3.8) is 0 Å². The van der Waals surface area contributed by atoms with Crippen LogP contribution in [0.5, 0.6) is 5.75 Å². The highest BCUT2D eigenvalue weighted by Crippen LogP contribution is 2.29. The summed E-state index contributed by atoms with van der Waals surface area (Å²) in [6.45, 7) is 0. The van der Waals surface area contributed by atoms with Gasteiger partial charge in [-0.1, -0.05) is 11.6 Å². The Labute approximate surface area is 87.8 Å². The number of hydrogen-bond donors (Lipinski definition) is 0. The average Bonchev–Trinajstić information content (AvgIpc) is 2.62. The number of halogens is 2. The third kappa shape index (κ3) is 2.18. The lowest BCUT2D eigenvalue weighted by Gasteiger charge is -2.13. The highest BCUT2D eigenvalue weighted by Gasteiger charge is 2.17. The van der Waals surface area contributed by atoms with Gasteiger partial charge in [-0.05, 0) is 37.8 Å². The number of hydrogen-bond acceptors (Lipinski definition) is 1. The molecule has 2 rings (SSSR count). The maximum atomic E-state index is 12.7. The Morgan fingerprint density at radius 3 is 2.79 bits per heavy atom. The van der Waals surface area contributed by atoms with Crippen LogP contribution in [-0.4, -0.2) is 6.10 Å². The molecular formula is C11H11ClFO. The lowest BCUT2D eigenvalue weighted by molar-refractivity contribution is 0.210. The normalized spacial score (nSPS) is 17.3. The van der Waals surface area contributed by atoms with Gasteiger partial charge >= 0.3 is 0 Å². The standard InChI is InChI=1S/C11H11ClFO/c12-10-7-8(13)5-6-11(10)14-9-3-1-2-4-9/h6-7,9H,1-4H2. The van der Waals surface area contributed by atoms with E-state index in [9.17, 15) is 4.39 Å². The Bertz CT molecular complexity index is 321. The molecule has 1 nitrogen and oxygen atoms in total. The minimum absolute atomic E-state index is 0.242. The second-order valence-corrected chi connectivity index (χ2v) is 3.92. The zero-order valence-electron chi connectivity index (χ0n) is 7.72. The van der Waals surface area contributed by atoms with Crippen molar-refractivity contribution in [2.24, 2.45) is 0 Å². The summed E-state index contributed by atoms with van der Waals surface area (Å²) in [6.07, 6.45) is 4.77. The van der Waals surface area contributed by atoms with Crippen LogP contribution in [0.15, 0.2) is 12.1 Å². The van der Waals surface area contributed by atoms with Crippen LogP contribution in [-0.2, 0) is 0 Å². The number of rotatable bonds is 2. The van der Waals surface area contributed by atoms with Crippen LogP contribution in [0.4, 0.5) is 4.39 Å². The van der Waals surface area contributed by atoms with Crippen molar-refractivity contribution >= 4 is 11.6 Å². The molecule has 1 aromatic carbocycles. The summed E-state index contributed by atoms with van der Waals surface area (Å²) in [5.41, 5.74) is 0. The van der Waals surface area contributed by atoms with E-state index in [4.69, 9.17) is 16.3 Å². The molecule has 0 aromatic heterocycles. The van der Waals surface area contributed by atoms with E-state index in [-0.39, 0.29) is 6.10 Å². The summed E-state index contributed by atoms with van der Waals surface area (Å²) < 4.78 is 18.3. The van der Waals surface area contributed by atoms with Crippen molar-refractivity contribution in [2.45, 2.75) is 31.8 Å². The van der Waals surface area contributed by atoms with E-state index in [0.29, 0.717) is 10.8 Å². The lowest BCUT2D eigenvalue weighted by atomic mass is 10.3. The minimum Gasteiger partial charge on any atom is -0.489 e. The van der Waals surface area contributed by atoms with E-state index < -0.39 is 5.82 Å². The van der Waals surface area contributed by atoms with Crippen LogP contribution in [0.2, 0.25) is 5.02 Å². The van der Waals surface area contributed by atoms with Crippen molar-refractivity contribution in [1.82, 2.24) is 0 Å². The molecule has 0 unspecified atom stereocenters. The van der Waals surface area contributed by atoms with Gasteiger partial charge in [0, 0.05) is 6.07 Å². The van der Waals surface area contributed by atoms with E-state index in [1.54, 1.807) is 0 Å². The molecule has 0 bridgehead atoms. The van der Waals surface area contributed by atoms with Crippen LogP contribution in [0.3, 0.4) is 0 Å². The van der Waals surface area contributed by atoms with Gasteiger partial charge in [-0.3, -0.25) is 0 Å². The summed E-state index contributed by atoms with van der Waals surface area (Å²) in [5.74, 6) is 0.0914. The van der Waals surface area contributed by atoms with Crippen LogP contribution < -0.4 is 4.74 Å². The Morgan fingerprint density at radius 2 is 2.14 bits per heavy atom. The summed E-state index contributed by atoms with van der Waals surface area (Å²) in [5, 5.41) is 0.327. The van der Waals surface area contributed by atoms with Crippen molar-refractivity contribution < 1.29 is 9.13 Å². The summed E-state index contributed by atoms with van der Waals surface area (Å²) in [6, 6.07) is 5.13. The van der Waals surface area contributed by atoms with E-state index >= 15 is 0 Å². The molecule has 1 aliphatic carbocycles. The van der Waals surface area contributed by atoms with Gasteiger partial charge in [0.25, 0.3) is 0 Å². The molecule has 14 heavy (non-hydrogen) atoms. The Hall–Kier alpha value is -0.760. The molecule has 0 atom stereocenters.